The fourth-order valence-corrected chi connectivity index (χ4v) is 4.20. The van der Waals surface area contributed by atoms with Crippen LogP contribution in [0.5, 0.6) is 0 Å². The van der Waals surface area contributed by atoms with Crippen molar-refractivity contribution >= 4 is 35.2 Å². The lowest BCUT2D eigenvalue weighted by Crippen LogP contribution is -2.56. The molecule has 0 aliphatic carbocycles. The number of hydrogen-bond acceptors (Lipinski definition) is 6. The number of benzene rings is 2. The number of carboxylic acids is 1. The minimum Gasteiger partial charge on any atom is -0.477 e. The third-order valence-electron chi connectivity index (χ3n) is 5.80. The minimum atomic E-state index is -1.56. The highest BCUT2D eigenvalue weighted by Gasteiger charge is 2.50. The fraction of sp³-hybridized carbons (Fsp3) is 0.222. The first-order valence-electron chi connectivity index (χ1n) is 11.5. The van der Waals surface area contributed by atoms with E-state index in [0.29, 0.717) is 11.3 Å². The number of para-hydroxylation sites is 1. The molecule has 0 saturated carbocycles. The first-order chi connectivity index (χ1) is 17.4. The van der Waals surface area contributed by atoms with Gasteiger partial charge in [0.1, 0.15) is 17.0 Å². The van der Waals surface area contributed by atoms with Crippen LogP contribution in [-0.2, 0) is 9.53 Å². The Morgan fingerprint density at radius 3 is 2.32 bits per heavy atom. The molecule has 2 heterocycles. The van der Waals surface area contributed by atoms with Crippen LogP contribution < -0.4 is 9.80 Å². The summed E-state index contributed by atoms with van der Waals surface area (Å²) in [6.45, 7) is 5.00. The molecular weight excluding hydrogens is 479 g/mol. The van der Waals surface area contributed by atoms with Crippen molar-refractivity contribution < 1.29 is 28.6 Å². The molecule has 1 aromatic heterocycles. The number of hydrogen-bond donors (Lipinski definition) is 2. The average Bonchev–Trinajstić information content (AvgIpc) is 2.93. The number of rotatable bonds is 4. The van der Waals surface area contributed by atoms with Crippen molar-refractivity contribution in [2.45, 2.75) is 32.5 Å². The summed E-state index contributed by atoms with van der Waals surface area (Å²) in [6.07, 6.45) is -1.11. The van der Waals surface area contributed by atoms with E-state index in [0.717, 1.165) is 0 Å². The number of halogens is 1. The maximum absolute atomic E-state index is 15.0. The van der Waals surface area contributed by atoms with Gasteiger partial charge in [0, 0.05) is 17.8 Å². The number of carbonyl (C=O) groups excluding carboxylic acids is 2. The lowest BCUT2D eigenvalue weighted by Gasteiger charge is -2.32. The molecule has 2 amide bonds. The van der Waals surface area contributed by atoms with Crippen molar-refractivity contribution in [3.8, 4) is 0 Å². The summed E-state index contributed by atoms with van der Waals surface area (Å²) in [5, 5.41) is 12.4. The standard InChI is InChI=1S/C27H25FN4O5/c1-27(2,3)37-26(36)31-22-24(33)32(4,23-18(25(34)35)12-9-15-29-23)20-14-8-6-11-17(20)21(30-22)16-10-5-7-13-19(16)28/h5-15,22H,1-4H3,(H-,31,34,35,36)/p+1. The molecule has 10 heteroatoms. The maximum atomic E-state index is 15.0. The predicted molar refractivity (Wildman–Crippen MR) is 135 cm³/mol. The van der Waals surface area contributed by atoms with Crippen LogP contribution in [-0.4, -0.2) is 52.6 Å². The number of aromatic carboxylic acids is 1. The molecule has 37 heavy (non-hydrogen) atoms. The van der Waals surface area contributed by atoms with Crippen LogP contribution in [0.2, 0.25) is 0 Å². The second-order valence-electron chi connectivity index (χ2n) is 9.55. The highest BCUT2D eigenvalue weighted by Crippen LogP contribution is 2.40. The van der Waals surface area contributed by atoms with Crippen molar-refractivity contribution in [2.75, 3.05) is 7.05 Å². The van der Waals surface area contributed by atoms with Gasteiger partial charge in [-0.3, -0.25) is 5.32 Å². The van der Waals surface area contributed by atoms with Gasteiger partial charge in [0.25, 0.3) is 5.82 Å². The van der Waals surface area contributed by atoms with E-state index in [1.165, 1.54) is 43.6 Å². The van der Waals surface area contributed by atoms with E-state index in [-0.39, 0.29) is 22.7 Å². The Bertz CT molecular complexity index is 1430. The molecule has 0 spiro atoms. The highest BCUT2D eigenvalue weighted by molar-refractivity contribution is 6.20. The van der Waals surface area contributed by atoms with Crippen LogP contribution >= 0.6 is 0 Å². The van der Waals surface area contributed by atoms with Crippen molar-refractivity contribution in [2.24, 2.45) is 4.99 Å². The van der Waals surface area contributed by atoms with Gasteiger partial charge in [0.2, 0.25) is 6.17 Å². The van der Waals surface area contributed by atoms with Crippen LogP contribution in [0.3, 0.4) is 0 Å². The number of aliphatic imine (C=N–C) groups is 1. The van der Waals surface area contributed by atoms with Gasteiger partial charge < -0.3 is 9.84 Å². The lowest BCUT2D eigenvalue weighted by atomic mass is 9.98. The number of aromatic nitrogens is 1. The number of nitrogens with one attached hydrogen (secondary N) is 1. The molecule has 2 atom stereocenters. The van der Waals surface area contributed by atoms with E-state index in [2.05, 4.69) is 15.3 Å². The van der Waals surface area contributed by atoms with E-state index < -0.39 is 40.0 Å². The van der Waals surface area contributed by atoms with E-state index in [9.17, 15) is 19.5 Å². The zero-order valence-corrected chi connectivity index (χ0v) is 20.7. The Hall–Kier alpha value is -4.44. The molecule has 2 unspecified atom stereocenters. The molecule has 1 aliphatic heterocycles. The lowest BCUT2D eigenvalue weighted by molar-refractivity contribution is -0.128. The van der Waals surface area contributed by atoms with Gasteiger partial charge in [0.05, 0.1) is 18.3 Å². The molecule has 9 nitrogen and oxygen atoms in total. The molecule has 0 saturated heterocycles. The Morgan fingerprint density at radius 1 is 1.03 bits per heavy atom. The monoisotopic (exact) mass is 505 g/mol. The van der Waals surface area contributed by atoms with E-state index in [1.54, 1.807) is 51.1 Å². The second kappa shape index (κ2) is 9.55. The summed E-state index contributed by atoms with van der Waals surface area (Å²) in [4.78, 5) is 47.9. The predicted octanol–water partition coefficient (Wildman–Crippen LogP) is 4.42. The van der Waals surface area contributed by atoms with Gasteiger partial charge in [-0.15, -0.1) is 0 Å². The van der Waals surface area contributed by atoms with Crippen molar-refractivity contribution in [3.05, 3.63) is 89.4 Å². The van der Waals surface area contributed by atoms with Crippen molar-refractivity contribution in [1.82, 2.24) is 14.8 Å². The van der Waals surface area contributed by atoms with Gasteiger partial charge in [-0.05, 0) is 51.1 Å². The SMILES string of the molecule is CC(C)(C)OC(=O)NC1N=C(c2ccccc2F)c2ccccc2[N+](C)(c2ncccc2C(=O)O)C1=O. The Balaban J connectivity index is 2.02. The molecule has 2 N–H and O–H groups in total. The Morgan fingerprint density at radius 2 is 1.68 bits per heavy atom. The van der Waals surface area contributed by atoms with Crippen LogP contribution in [0.25, 0.3) is 0 Å². The number of ether oxygens (including phenoxy) is 1. The van der Waals surface area contributed by atoms with Crippen LogP contribution in [0.1, 0.15) is 42.3 Å². The molecule has 1 aliphatic rings. The first-order valence-corrected chi connectivity index (χ1v) is 11.5. The largest absolute Gasteiger partial charge is 0.477 e. The van der Waals surface area contributed by atoms with Gasteiger partial charge in [-0.1, -0.05) is 24.3 Å². The summed E-state index contributed by atoms with van der Waals surface area (Å²) in [5.41, 5.74) is -0.180. The molecule has 2 aromatic carbocycles. The average molecular weight is 506 g/mol. The van der Waals surface area contributed by atoms with Crippen LogP contribution in [0.4, 0.5) is 20.7 Å². The number of nitrogens with zero attached hydrogens (tertiary/aromatic N) is 3. The number of carbonyl (C=O) groups is 3. The number of fused-ring (bicyclic) bond motifs is 1. The second-order valence-corrected chi connectivity index (χ2v) is 9.55. The number of benzodiazepines with no additional fused rings is 1. The normalized spacial score (nSPS) is 19.3. The Kier molecular flexibility index (Phi) is 6.62. The third kappa shape index (κ3) is 4.83. The van der Waals surface area contributed by atoms with Crippen LogP contribution in [0.15, 0.2) is 71.9 Å². The number of quaternary nitrogens is 1. The number of alkyl carbamates (subject to hydrolysis) is 1. The quantitative estimate of drug-likeness (QED) is 0.507. The van der Waals surface area contributed by atoms with Gasteiger partial charge in [-0.2, -0.15) is 4.48 Å². The number of amides is 2. The third-order valence-corrected chi connectivity index (χ3v) is 5.80. The molecule has 0 radical (unpaired) electrons. The fourth-order valence-electron chi connectivity index (χ4n) is 4.20. The Labute approximate surface area is 212 Å². The molecular formula is C27H26FN4O5+. The van der Waals surface area contributed by atoms with E-state index in [4.69, 9.17) is 4.74 Å². The summed E-state index contributed by atoms with van der Waals surface area (Å²) in [6, 6.07) is 15.4. The van der Waals surface area contributed by atoms with E-state index in [1.807, 2.05) is 0 Å². The summed E-state index contributed by atoms with van der Waals surface area (Å²) in [5.74, 6) is -2.68. The van der Waals surface area contributed by atoms with Crippen molar-refractivity contribution in [1.29, 1.82) is 0 Å². The zero-order valence-electron chi connectivity index (χ0n) is 20.7. The molecule has 0 bridgehead atoms. The highest BCUT2D eigenvalue weighted by atomic mass is 19.1. The zero-order chi connectivity index (χ0) is 27.0. The first kappa shape index (κ1) is 25.6. The maximum Gasteiger partial charge on any atom is 0.409 e. The van der Waals surface area contributed by atoms with Crippen LogP contribution in [0, 0.1) is 5.82 Å². The molecule has 3 aromatic rings. The van der Waals surface area contributed by atoms with Gasteiger partial charge in [0.15, 0.2) is 5.69 Å². The molecule has 4 rings (SSSR count). The van der Waals surface area contributed by atoms with Crippen molar-refractivity contribution in [3.63, 3.8) is 0 Å². The number of carboxylic acid groups (broad SMARTS) is 1. The minimum absolute atomic E-state index is 0.0894. The summed E-state index contributed by atoms with van der Waals surface area (Å²) < 4.78 is 19.6. The summed E-state index contributed by atoms with van der Waals surface area (Å²) >= 11 is 0. The summed E-state index contributed by atoms with van der Waals surface area (Å²) in [7, 11) is 1.47. The van der Waals surface area contributed by atoms with E-state index >= 15 is 4.39 Å². The van der Waals surface area contributed by atoms with Gasteiger partial charge >= 0.3 is 18.0 Å². The number of likely N-dealkylation sites (N-methyl/N-ethyl adjacent to an activating group) is 1. The topological polar surface area (TPSA) is 118 Å². The molecule has 0 fully saturated rings. The smallest absolute Gasteiger partial charge is 0.409 e. The van der Waals surface area contributed by atoms with Gasteiger partial charge in [-0.25, -0.2) is 28.8 Å². The molecule has 190 valence electrons. The number of pyridine rings is 1.